The molecule has 0 amide bonds. The first-order valence-electron chi connectivity index (χ1n) is 9.06. The second kappa shape index (κ2) is 9.97. The van der Waals surface area contributed by atoms with E-state index in [0.29, 0.717) is 48.8 Å². The predicted molar refractivity (Wildman–Crippen MR) is 122 cm³/mol. The molecule has 10 heteroatoms. The number of nitrogens with one attached hydrogen (secondary N) is 2. The maximum Gasteiger partial charge on any atom is 0.191 e. The number of pyridine rings is 1. The lowest BCUT2D eigenvalue weighted by Crippen LogP contribution is -2.36. The van der Waals surface area contributed by atoms with E-state index < -0.39 is 0 Å². The molecule has 8 nitrogen and oxygen atoms in total. The molecule has 0 spiro atoms. The molecule has 2 aromatic heterocycles. The predicted octanol–water partition coefficient (Wildman–Crippen LogP) is 3.03. The summed E-state index contributed by atoms with van der Waals surface area (Å²) >= 11 is 6.36. The maximum absolute atomic E-state index is 6.36. The van der Waals surface area contributed by atoms with Gasteiger partial charge in [-0.15, -0.1) is 34.2 Å². The molecule has 1 aliphatic heterocycles. The Hall–Kier alpha value is -2.27. The van der Waals surface area contributed by atoms with E-state index in [4.69, 9.17) is 21.1 Å². The third-order valence-corrected chi connectivity index (χ3v) is 4.62. The zero-order valence-electron chi connectivity index (χ0n) is 15.9. The summed E-state index contributed by atoms with van der Waals surface area (Å²) in [5, 5.41) is 15.4. The van der Waals surface area contributed by atoms with Gasteiger partial charge < -0.3 is 20.1 Å². The van der Waals surface area contributed by atoms with Crippen molar-refractivity contribution in [2.45, 2.75) is 19.5 Å². The molecule has 0 aliphatic carbocycles. The number of benzene rings is 1. The van der Waals surface area contributed by atoms with Gasteiger partial charge in [-0.05, 0) is 29.8 Å². The molecule has 2 N–H and O–H groups in total. The summed E-state index contributed by atoms with van der Waals surface area (Å²) in [6, 6.07) is 9.61. The molecule has 29 heavy (non-hydrogen) atoms. The Labute approximate surface area is 190 Å². The van der Waals surface area contributed by atoms with Gasteiger partial charge in [-0.1, -0.05) is 17.7 Å². The minimum atomic E-state index is 0. The zero-order valence-corrected chi connectivity index (χ0v) is 19.0. The van der Waals surface area contributed by atoms with Crippen LogP contribution in [0.4, 0.5) is 0 Å². The smallest absolute Gasteiger partial charge is 0.191 e. The third kappa shape index (κ3) is 5.02. The van der Waals surface area contributed by atoms with Crippen molar-refractivity contribution >= 4 is 47.2 Å². The highest BCUT2D eigenvalue weighted by Crippen LogP contribution is 2.37. The average molecular weight is 529 g/mol. The van der Waals surface area contributed by atoms with Crippen molar-refractivity contribution in [1.82, 2.24) is 25.2 Å². The summed E-state index contributed by atoms with van der Waals surface area (Å²) in [4.78, 5) is 4.26. The summed E-state index contributed by atoms with van der Waals surface area (Å²) in [5.74, 6) is 2.75. The van der Waals surface area contributed by atoms with Crippen molar-refractivity contribution < 1.29 is 9.47 Å². The summed E-state index contributed by atoms with van der Waals surface area (Å²) in [7, 11) is 1.72. The minimum absolute atomic E-state index is 0. The van der Waals surface area contributed by atoms with Crippen LogP contribution < -0.4 is 20.1 Å². The van der Waals surface area contributed by atoms with Gasteiger partial charge in [-0.3, -0.25) is 9.39 Å². The third-order valence-electron chi connectivity index (χ3n) is 4.34. The second-order valence-electron chi connectivity index (χ2n) is 6.28. The molecule has 0 bridgehead atoms. The topological polar surface area (TPSA) is 85.1 Å². The number of ether oxygens (including phenoxy) is 2. The van der Waals surface area contributed by atoms with Crippen LogP contribution in [0.5, 0.6) is 11.5 Å². The molecule has 0 radical (unpaired) electrons. The number of aromatic nitrogens is 3. The highest BCUT2D eigenvalue weighted by atomic mass is 127. The fraction of sp³-hybridized carbons (Fsp3) is 0.316. The zero-order chi connectivity index (χ0) is 19.3. The lowest BCUT2D eigenvalue weighted by Gasteiger charge is -2.14. The number of hydrogen-bond acceptors (Lipinski definition) is 5. The fourth-order valence-electron chi connectivity index (χ4n) is 2.97. The molecule has 1 aromatic carbocycles. The quantitative estimate of drug-likeness (QED) is 0.308. The molecule has 0 saturated heterocycles. The van der Waals surface area contributed by atoms with Crippen molar-refractivity contribution in [2.75, 3.05) is 20.3 Å². The molecular formula is C19H22ClIN6O2. The van der Waals surface area contributed by atoms with E-state index in [2.05, 4.69) is 25.8 Å². The van der Waals surface area contributed by atoms with Gasteiger partial charge in [0, 0.05) is 26.2 Å². The number of rotatable bonds is 4. The molecule has 4 rings (SSSR count). The monoisotopic (exact) mass is 528 g/mol. The van der Waals surface area contributed by atoms with Crippen LogP contribution in [0, 0.1) is 0 Å². The number of guanidine groups is 1. The van der Waals surface area contributed by atoms with Crippen LogP contribution in [-0.4, -0.2) is 40.8 Å². The van der Waals surface area contributed by atoms with Crippen molar-refractivity contribution in [2.24, 2.45) is 4.99 Å². The number of aliphatic imine (C=N–C) groups is 1. The first-order valence-corrected chi connectivity index (χ1v) is 9.43. The van der Waals surface area contributed by atoms with Gasteiger partial charge in [0.25, 0.3) is 0 Å². The number of hydrogen-bond donors (Lipinski definition) is 2. The van der Waals surface area contributed by atoms with E-state index in [0.717, 1.165) is 23.5 Å². The van der Waals surface area contributed by atoms with Crippen molar-refractivity contribution in [3.8, 4) is 11.5 Å². The SMILES string of the molecule is CN=C(NCc1cc(Cl)c2c(c1)OCCCO2)NCc1nnc2ccccn12.I. The van der Waals surface area contributed by atoms with E-state index in [9.17, 15) is 0 Å². The fourth-order valence-corrected chi connectivity index (χ4v) is 3.25. The Balaban J connectivity index is 0.00000240. The van der Waals surface area contributed by atoms with Crippen LogP contribution in [0.1, 0.15) is 17.8 Å². The van der Waals surface area contributed by atoms with Crippen LogP contribution in [-0.2, 0) is 13.1 Å². The highest BCUT2D eigenvalue weighted by Gasteiger charge is 2.15. The van der Waals surface area contributed by atoms with Gasteiger partial charge in [-0.25, -0.2) is 0 Å². The second-order valence-corrected chi connectivity index (χ2v) is 6.69. The maximum atomic E-state index is 6.36. The Morgan fingerprint density at radius 3 is 2.86 bits per heavy atom. The first-order chi connectivity index (χ1) is 13.7. The van der Waals surface area contributed by atoms with Crippen LogP contribution in [0.2, 0.25) is 5.02 Å². The van der Waals surface area contributed by atoms with Crippen LogP contribution >= 0.6 is 35.6 Å². The van der Waals surface area contributed by atoms with E-state index >= 15 is 0 Å². The molecular weight excluding hydrogens is 507 g/mol. The van der Waals surface area contributed by atoms with Crippen molar-refractivity contribution in [3.63, 3.8) is 0 Å². The molecule has 3 heterocycles. The largest absolute Gasteiger partial charge is 0.489 e. The summed E-state index contributed by atoms with van der Waals surface area (Å²) in [6.07, 6.45) is 2.77. The Bertz CT molecular complexity index is 1010. The molecule has 0 saturated carbocycles. The minimum Gasteiger partial charge on any atom is -0.489 e. The normalized spacial score (nSPS) is 13.5. The van der Waals surface area contributed by atoms with E-state index in [-0.39, 0.29) is 24.0 Å². The lowest BCUT2D eigenvalue weighted by atomic mass is 10.2. The molecule has 0 unspecified atom stereocenters. The molecule has 0 fully saturated rings. The van der Waals surface area contributed by atoms with Gasteiger partial charge in [0.05, 0.1) is 24.8 Å². The van der Waals surface area contributed by atoms with Gasteiger partial charge in [-0.2, -0.15) is 0 Å². The van der Waals surface area contributed by atoms with Crippen molar-refractivity contribution in [3.05, 3.63) is 52.9 Å². The van der Waals surface area contributed by atoms with E-state index in [1.165, 1.54) is 0 Å². The van der Waals surface area contributed by atoms with Gasteiger partial charge in [0.15, 0.2) is 28.9 Å². The van der Waals surface area contributed by atoms with Crippen LogP contribution in [0.3, 0.4) is 0 Å². The van der Waals surface area contributed by atoms with Crippen molar-refractivity contribution in [1.29, 1.82) is 0 Å². The lowest BCUT2D eigenvalue weighted by molar-refractivity contribution is 0.297. The van der Waals surface area contributed by atoms with Gasteiger partial charge >= 0.3 is 0 Å². The average Bonchev–Trinajstić information content (AvgIpc) is 2.96. The summed E-state index contributed by atoms with van der Waals surface area (Å²) < 4.78 is 13.3. The molecule has 154 valence electrons. The first kappa shape index (κ1) is 21.4. The summed E-state index contributed by atoms with van der Waals surface area (Å²) in [6.45, 7) is 2.26. The van der Waals surface area contributed by atoms with Gasteiger partial charge in [0.2, 0.25) is 0 Å². The molecule has 1 aliphatic rings. The number of halogens is 2. The molecule has 0 atom stereocenters. The van der Waals surface area contributed by atoms with Crippen LogP contribution in [0.25, 0.3) is 5.65 Å². The number of nitrogens with zero attached hydrogens (tertiary/aromatic N) is 4. The molecule has 3 aromatic rings. The number of fused-ring (bicyclic) bond motifs is 2. The standard InChI is InChI=1S/C19H21ClN6O2.HI/c1-21-19(23-12-17-25-24-16-5-2-3-6-26(16)17)22-11-13-9-14(20)18-15(10-13)27-7-4-8-28-18;/h2-3,5-6,9-10H,4,7-8,11-12H2,1H3,(H2,21,22,23);1H. The Kier molecular flexibility index (Phi) is 7.37. The van der Waals surface area contributed by atoms with E-state index in [1.54, 1.807) is 7.05 Å². The van der Waals surface area contributed by atoms with Crippen LogP contribution in [0.15, 0.2) is 41.5 Å². The summed E-state index contributed by atoms with van der Waals surface area (Å²) in [5.41, 5.74) is 1.79. The Morgan fingerprint density at radius 1 is 1.17 bits per heavy atom. The van der Waals surface area contributed by atoms with E-state index in [1.807, 2.05) is 40.9 Å². The Morgan fingerprint density at radius 2 is 2.00 bits per heavy atom. The highest BCUT2D eigenvalue weighted by molar-refractivity contribution is 14.0. The van der Waals surface area contributed by atoms with Gasteiger partial charge in [0.1, 0.15) is 0 Å².